The van der Waals surface area contributed by atoms with Crippen LogP contribution in [0.1, 0.15) is 65.7 Å². The zero-order valence-electron chi connectivity index (χ0n) is 15.5. The molecule has 4 atom stereocenters. The van der Waals surface area contributed by atoms with Gasteiger partial charge in [-0.15, -0.1) is 0 Å². The van der Waals surface area contributed by atoms with Gasteiger partial charge in [0.2, 0.25) is 0 Å². The number of hydrogen-bond acceptors (Lipinski definition) is 4. The van der Waals surface area contributed by atoms with E-state index in [-0.39, 0.29) is 42.7 Å². The Morgan fingerprint density at radius 2 is 2.28 bits per heavy atom. The van der Waals surface area contributed by atoms with Gasteiger partial charge in [-0.05, 0) is 46.0 Å². The topological polar surface area (TPSA) is 67.9 Å². The zero-order valence-corrected chi connectivity index (χ0v) is 15.5. The van der Waals surface area contributed by atoms with Gasteiger partial charge < -0.3 is 19.7 Å². The summed E-state index contributed by atoms with van der Waals surface area (Å²) in [4.78, 5) is 26.7. The average molecular weight is 350 g/mol. The molecular weight excluding hydrogens is 320 g/mol. The van der Waals surface area contributed by atoms with E-state index in [0.717, 1.165) is 38.5 Å². The van der Waals surface area contributed by atoms with Crippen LogP contribution in [0.4, 0.5) is 4.79 Å². The minimum atomic E-state index is -0.574. The van der Waals surface area contributed by atoms with Crippen LogP contribution in [0.2, 0.25) is 0 Å². The Morgan fingerprint density at radius 1 is 1.48 bits per heavy atom. The average Bonchev–Trinajstić information content (AvgIpc) is 2.81. The van der Waals surface area contributed by atoms with Crippen molar-refractivity contribution in [3.8, 4) is 0 Å². The maximum Gasteiger partial charge on any atom is 0.320 e. The maximum atomic E-state index is 12.8. The van der Waals surface area contributed by atoms with E-state index in [4.69, 9.17) is 9.47 Å². The molecule has 1 N–H and O–H groups in total. The Balaban J connectivity index is 1.67. The molecule has 3 aliphatic heterocycles. The molecule has 0 unspecified atom stereocenters. The molecule has 2 fully saturated rings. The first kappa shape index (κ1) is 18.2. The molecule has 0 bridgehead atoms. The number of nitrogens with one attached hydrogen (secondary N) is 1. The van der Waals surface area contributed by atoms with Crippen molar-refractivity contribution in [2.45, 2.75) is 95.7 Å². The fourth-order valence-electron chi connectivity index (χ4n) is 4.30. The molecule has 0 saturated carbocycles. The number of amides is 2. The van der Waals surface area contributed by atoms with Crippen molar-refractivity contribution in [2.75, 3.05) is 0 Å². The Labute approximate surface area is 149 Å². The SMILES string of the molecule is CC[C@@H]1C=CCC[C@]2(C[C@H]3CC[C@H](CC(=O)OC(C)C)N3C(=O)N2)O1. The van der Waals surface area contributed by atoms with Crippen molar-refractivity contribution in [1.82, 2.24) is 10.2 Å². The second-order valence-electron chi connectivity index (χ2n) is 7.69. The number of esters is 1. The van der Waals surface area contributed by atoms with E-state index in [1.165, 1.54) is 0 Å². The molecular formula is C19H30N2O4. The number of urea groups is 1. The lowest BCUT2D eigenvalue weighted by molar-refractivity contribution is -0.149. The van der Waals surface area contributed by atoms with Crippen molar-refractivity contribution in [1.29, 1.82) is 0 Å². The highest BCUT2D eigenvalue weighted by molar-refractivity contribution is 5.78. The summed E-state index contributed by atoms with van der Waals surface area (Å²) in [6.45, 7) is 5.78. The molecule has 3 heterocycles. The standard InChI is InChI=1S/C19H30N2O4/c1-4-16-7-5-6-10-19(25-16)12-15-9-8-14(21(15)18(23)20-19)11-17(22)24-13(2)3/h5,7,13-16H,4,6,8-12H2,1-3H3,(H,20,23)/t14-,15-,16-,19-/m1/s1. The summed E-state index contributed by atoms with van der Waals surface area (Å²) in [6.07, 6.45) is 9.61. The number of hydrogen-bond donors (Lipinski definition) is 1. The second kappa shape index (κ2) is 7.36. The van der Waals surface area contributed by atoms with Crippen LogP contribution in [0.3, 0.4) is 0 Å². The quantitative estimate of drug-likeness (QED) is 0.625. The van der Waals surface area contributed by atoms with Crippen molar-refractivity contribution < 1.29 is 19.1 Å². The summed E-state index contributed by atoms with van der Waals surface area (Å²) in [5.41, 5.74) is -0.574. The van der Waals surface area contributed by atoms with E-state index in [9.17, 15) is 9.59 Å². The lowest BCUT2D eigenvalue weighted by Gasteiger charge is -2.46. The first-order valence-electron chi connectivity index (χ1n) is 9.57. The molecule has 2 amide bonds. The minimum absolute atomic E-state index is 0.0487. The molecule has 2 saturated heterocycles. The smallest absolute Gasteiger partial charge is 0.320 e. The molecule has 0 radical (unpaired) electrons. The summed E-state index contributed by atoms with van der Waals surface area (Å²) in [5.74, 6) is -0.227. The minimum Gasteiger partial charge on any atom is -0.463 e. The third-order valence-corrected chi connectivity index (χ3v) is 5.37. The number of carbonyl (C=O) groups excluding carboxylic acids is 2. The molecule has 1 spiro atoms. The molecule has 0 aromatic carbocycles. The molecule has 140 valence electrons. The van der Waals surface area contributed by atoms with E-state index in [1.807, 2.05) is 18.7 Å². The van der Waals surface area contributed by atoms with Crippen LogP contribution in [0.25, 0.3) is 0 Å². The summed E-state index contributed by atoms with van der Waals surface area (Å²) in [7, 11) is 0. The molecule has 3 aliphatic rings. The van der Waals surface area contributed by atoms with Gasteiger partial charge >= 0.3 is 12.0 Å². The summed E-state index contributed by atoms with van der Waals surface area (Å²) < 4.78 is 11.6. The van der Waals surface area contributed by atoms with E-state index < -0.39 is 5.72 Å². The Hall–Kier alpha value is -1.56. The van der Waals surface area contributed by atoms with Gasteiger partial charge in [0.1, 0.15) is 5.72 Å². The molecule has 6 nitrogen and oxygen atoms in total. The normalized spacial score (nSPS) is 34.8. The zero-order chi connectivity index (χ0) is 18.0. The van der Waals surface area contributed by atoms with Crippen LogP contribution in [-0.2, 0) is 14.3 Å². The third-order valence-electron chi connectivity index (χ3n) is 5.37. The number of fused-ring (bicyclic) bond motifs is 1. The van der Waals surface area contributed by atoms with Gasteiger partial charge in [-0.3, -0.25) is 4.79 Å². The van der Waals surface area contributed by atoms with E-state index >= 15 is 0 Å². The van der Waals surface area contributed by atoms with Crippen LogP contribution in [-0.4, -0.2) is 46.9 Å². The fourth-order valence-corrected chi connectivity index (χ4v) is 4.30. The summed E-state index contributed by atoms with van der Waals surface area (Å²) >= 11 is 0. The van der Waals surface area contributed by atoms with Crippen molar-refractivity contribution in [2.24, 2.45) is 0 Å². The monoisotopic (exact) mass is 350 g/mol. The van der Waals surface area contributed by atoms with Crippen LogP contribution in [0, 0.1) is 0 Å². The first-order chi connectivity index (χ1) is 11.9. The number of carbonyl (C=O) groups is 2. The van der Waals surface area contributed by atoms with Gasteiger partial charge in [0, 0.05) is 18.5 Å². The summed E-state index contributed by atoms with van der Waals surface area (Å²) in [5, 5.41) is 3.12. The molecule has 0 aromatic heterocycles. The van der Waals surface area contributed by atoms with Crippen LogP contribution in [0.15, 0.2) is 12.2 Å². The fraction of sp³-hybridized carbons (Fsp3) is 0.789. The Bertz CT molecular complexity index is 548. The molecule has 0 aromatic rings. The second-order valence-corrected chi connectivity index (χ2v) is 7.69. The van der Waals surface area contributed by atoms with E-state index in [2.05, 4.69) is 24.4 Å². The lowest BCUT2D eigenvalue weighted by atomic mass is 9.94. The van der Waals surface area contributed by atoms with Gasteiger partial charge in [-0.2, -0.15) is 0 Å². The van der Waals surface area contributed by atoms with Crippen LogP contribution >= 0.6 is 0 Å². The molecule has 0 aliphatic carbocycles. The third kappa shape index (κ3) is 4.00. The highest BCUT2D eigenvalue weighted by Crippen LogP contribution is 2.39. The van der Waals surface area contributed by atoms with Crippen LogP contribution in [0.5, 0.6) is 0 Å². The van der Waals surface area contributed by atoms with Crippen molar-refractivity contribution in [3.05, 3.63) is 12.2 Å². The highest BCUT2D eigenvalue weighted by atomic mass is 16.5. The Kier molecular flexibility index (Phi) is 5.37. The summed E-state index contributed by atoms with van der Waals surface area (Å²) in [6, 6.07) is -0.0338. The Morgan fingerprint density at radius 3 is 3.00 bits per heavy atom. The van der Waals surface area contributed by atoms with Gasteiger partial charge in [0.15, 0.2) is 0 Å². The van der Waals surface area contributed by atoms with Crippen LogP contribution < -0.4 is 5.32 Å². The van der Waals surface area contributed by atoms with E-state index in [0.29, 0.717) is 0 Å². The molecule has 25 heavy (non-hydrogen) atoms. The maximum absolute atomic E-state index is 12.8. The molecule has 3 rings (SSSR count). The van der Waals surface area contributed by atoms with Gasteiger partial charge in [-0.1, -0.05) is 19.1 Å². The predicted octanol–water partition coefficient (Wildman–Crippen LogP) is 3.12. The number of ether oxygens (including phenoxy) is 2. The number of allylic oxidation sites excluding steroid dienone is 1. The number of rotatable bonds is 4. The largest absolute Gasteiger partial charge is 0.463 e. The predicted molar refractivity (Wildman–Crippen MR) is 93.9 cm³/mol. The highest BCUT2D eigenvalue weighted by Gasteiger charge is 2.50. The van der Waals surface area contributed by atoms with E-state index in [1.54, 1.807) is 0 Å². The first-order valence-corrected chi connectivity index (χ1v) is 9.57. The van der Waals surface area contributed by atoms with Gasteiger partial charge in [-0.25, -0.2) is 4.79 Å². The van der Waals surface area contributed by atoms with Crippen molar-refractivity contribution >= 4 is 12.0 Å². The molecule has 6 heteroatoms. The number of nitrogens with zero attached hydrogens (tertiary/aromatic N) is 1. The van der Waals surface area contributed by atoms with Gasteiger partial charge in [0.05, 0.1) is 18.6 Å². The lowest BCUT2D eigenvalue weighted by Crippen LogP contribution is -2.65. The van der Waals surface area contributed by atoms with Gasteiger partial charge in [0.25, 0.3) is 0 Å². The van der Waals surface area contributed by atoms with Crippen molar-refractivity contribution in [3.63, 3.8) is 0 Å².